The molecule has 0 radical (unpaired) electrons. The molecule has 3 rings (SSSR count). The van der Waals surface area contributed by atoms with Gasteiger partial charge in [0, 0.05) is 4.47 Å². The summed E-state index contributed by atoms with van der Waals surface area (Å²) < 4.78 is 11.6. The highest BCUT2D eigenvalue weighted by Gasteiger charge is 2.28. The van der Waals surface area contributed by atoms with Gasteiger partial charge in [-0.1, -0.05) is 34.1 Å². The van der Waals surface area contributed by atoms with Crippen molar-refractivity contribution >= 4 is 33.8 Å². The lowest BCUT2D eigenvalue weighted by Crippen LogP contribution is -2.30. The normalized spacial score (nSPS) is 13.4. The summed E-state index contributed by atoms with van der Waals surface area (Å²) in [6.45, 7) is 0.549. The van der Waals surface area contributed by atoms with Crippen molar-refractivity contribution in [3.63, 3.8) is 0 Å². The maximum absolute atomic E-state index is 12.1. The Hall–Kier alpha value is -2.87. The number of ether oxygens (including phenoxy) is 2. The van der Waals surface area contributed by atoms with Gasteiger partial charge in [0.1, 0.15) is 19.0 Å². The molecule has 1 aliphatic heterocycles. The summed E-state index contributed by atoms with van der Waals surface area (Å²) >= 11 is 3.36. The van der Waals surface area contributed by atoms with E-state index < -0.39 is 12.0 Å². The number of halogens is 1. The van der Waals surface area contributed by atoms with Crippen LogP contribution < -0.4 is 10.1 Å². The number of rotatable bonds is 7. The molecule has 0 bridgehead atoms. The zero-order valence-electron chi connectivity index (χ0n) is 14.3. The van der Waals surface area contributed by atoms with E-state index in [1.807, 2.05) is 24.3 Å². The molecule has 1 saturated heterocycles. The van der Waals surface area contributed by atoms with Gasteiger partial charge in [0.2, 0.25) is 5.91 Å². The molecule has 0 aliphatic carbocycles. The van der Waals surface area contributed by atoms with Crippen molar-refractivity contribution in [2.45, 2.75) is 6.54 Å². The van der Waals surface area contributed by atoms with Crippen molar-refractivity contribution in [3.8, 4) is 5.75 Å². The molecule has 8 heteroatoms. The van der Waals surface area contributed by atoms with Gasteiger partial charge < -0.3 is 14.8 Å². The summed E-state index contributed by atoms with van der Waals surface area (Å²) in [4.78, 5) is 36.3. The number of nitrogens with one attached hydrogen (secondary N) is 1. The summed E-state index contributed by atoms with van der Waals surface area (Å²) in [6.07, 6.45) is 0. The lowest BCUT2D eigenvalue weighted by molar-refractivity contribution is -0.125. The Kier molecular flexibility index (Phi) is 6.08. The molecule has 0 unspecified atom stereocenters. The van der Waals surface area contributed by atoms with Crippen LogP contribution in [0.15, 0.2) is 53.0 Å². The minimum Gasteiger partial charge on any atom is -0.490 e. The van der Waals surface area contributed by atoms with E-state index in [1.165, 1.54) is 0 Å². The van der Waals surface area contributed by atoms with Crippen LogP contribution in [0.1, 0.15) is 15.9 Å². The van der Waals surface area contributed by atoms with Crippen molar-refractivity contribution < 1.29 is 23.9 Å². The minimum atomic E-state index is -0.464. The van der Waals surface area contributed by atoms with E-state index in [1.54, 1.807) is 24.3 Å². The van der Waals surface area contributed by atoms with Crippen molar-refractivity contribution in [1.82, 2.24) is 10.2 Å². The number of carbonyl (C=O) groups excluding carboxylic acids is 3. The number of imide groups is 1. The van der Waals surface area contributed by atoms with Gasteiger partial charge in [0.15, 0.2) is 0 Å². The van der Waals surface area contributed by atoms with Gasteiger partial charge in [0.05, 0.1) is 18.7 Å². The molecular formula is C19H17BrN2O5. The van der Waals surface area contributed by atoms with Crippen LogP contribution in [-0.4, -0.2) is 42.6 Å². The van der Waals surface area contributed by atoms with Crippen LogP contribution in [0.5, 0.6) is 5.75 Å². The third-order valence-corrected chi connectivity index (χ3v) is 4.34. The number of hydrogen-bond donors (Lipinski definition) is 1. The Bertz CT molecular complexity index is 837. The summed E-state index contributed by atoms with van der Waals surface area (Å²) in [5, 5.41) is 2.46. The predicted molar refractivity (Wildman–Crippen MR) is 100 cm³/mol. The predicted octanol–water partition coefficient (Wildman–Crippen LogP) is 2.74. The van der Waals surface area contributed by atoms with E-state index in [9.17, 15) is 14.4 Å². The fraction of sp³-hybridized carbons (Fsp3) is 0.211. The van der Waals surface area contributed by atoms with Gasteiger partial charge in [0.25, 0.3) is 0 Å². The van der Waals surface area contributed by atoms with Crippen molar-refractivity contribution in [1.29, 1.82) is 0 Å². The Morgan fingerprint density at radius 3 is 2.56 bits per heavy atom. The van der Waals surface area contributed by atoms with Gasteiger partial charge >= 0.3 is 12.0 Å². The van der Waals surface area contributed by atoms with Crippen LogP contribution in [0.2, 0.25) is 0 Å². The molecule has 2 aromatic rings. The Morgan fingerprint density at radius 2 is 1.89 bits per heavy atom. The van der Waals surface area contributed by atoms with E-state index >= 15 is 0 Å². The van der Waals surface area contributed by atoms with Crippen LogP contribution in [0, 0.1) is 0 Å². The SMILES string of the molecule is O=C(OCCOc1cccc(Br)c1)c1ccc(CN2C(=O)CNC2=O)cc1. The third kappa shape index (κ3) is 5.07. The molecule has 0 saturated carbocycles. The molecule has 27 heavy (non-hydrogen) atoms. The number of carbonyl (C=O) groups is 3. The molecule has 0 atom stereocenters. The maximum Gasteiger partial charge on any atom is 0.338 e. The smallest absolute Gasteiger partial charge is 0.338 e. The van der Waals surface area contributed by atoms with Crippen LogP contribution in [0.3, 0.4) is 0 Å². The highest BCUT2D eigenvalue weighted by Crippen LogP contribution is 2.17. The average molecular weight is 433 g/mol. The molecule has 1 aliphatic rings. The van der Waals surface area contributed by atoms with Gasteiger partial charge in [-0.05, 0) is 35.9 Å². The first kappa shape index (κ1) is 18.9. The molecule has 3 amide bonds. The second-order valence-electron chi connectivity index (χ2n) is 5.78. The van der Waals surface area contributed by atoms with Crippen LogP contribution >= 0.6 is 15.9 Å². The first-order chi connectivity index (χ1) is 13.0. The van der Waals surface area contributed by atoms with E-state index in [-0.39, 0.29) is 32.2 Å². The maximum atomic E-state index is 12.1. The number of hydrogen-bond acceptors (Lipinski definition) is 5. The lowest BCUT2D eigenvalue weighted by Gasteiger charge is -2.12. The summed E-state index contributed by atoms with van der Waals surface area (Å²) in [5.74, 6) is -0.0476. The Balaban J connectivity index is 1.46. The van der Waals surface area contributed by atoms with E-state index in [0.29, 0.717) is 11.3 Å². The number of nitrogens with zero attached hydrogens (tertiary/aromatic N) is 1. The highest BCUT2D eigenvalue weighted by molar-refractivity contribution is 9.10. The van der Waals surface area contributed by atoms with Gasteiger partial charge in [-0.25, -0.2) is 9.59 Å². The zero-order valence-corrected chi connectivity index (χ0v) is 15.9. The summed E-state index contributed by atoms with van der Waals surface area (Å²) in [6, 6.07) is 13.6. The van der Waals surface area contributed by atoms with Crippen LogP contribution in [-0.2, 0) is 16.1 Å². The second-order valence-corrected chi connectivity index (χ2v) is 6.69. The Morgan fingerprint density at radius 1 is 1.11 bits per heavy atom. The zero-order chi connectivity index (χ0) is 19.2. The quantitative estimate of drug-likeness (QED) is 0.413. The molecule has 1 heterocycles. The first-order valence-corrected chi connectivity index (χ1v) is 9.05. The van der Waals surface area contributed by atoms with E-state index in [2.05, 4.69) is 21.2 Å². The molecule has 0 spiro atoms. The standard InChI is InChI=1S/C19H17BrN2O5/c20-15-2-1-3-16(10-15)26-8-9-27-18(24)14-6-4-13(5-7-14)12-22-17(23)11-21-19(22)25/h1-7,10H,8-9,11-12H2,(H,21,25). The van der Waals surface area contributed by atoms with E-state index in [4.69, 9.17) is 9.47 Å². The molecule has 1 fully saturated rings. The number of amides is 3. The van der Waals surface area contributed by atoms with Gasteiger partial charge in [-0.3, -0.25) is 9.69 Å². The Labute approximate surface area is 164 Å². The molecule has 0 aromatic heterocycles. The monoisotopic (exact) mass is 432 g/mol. The van der Waals surface area contributed by atoms with Crippen molar-refractivity contribution in [3.05, 3.63) is 64.1 Å². The van der Waals surface area contributed by atoms with Crippen LogP contribution in [0.25, 0.3) is 0 Å². The van der Waals surface area contributed by atoms with Gasteiger partial charge in [-0.2, -0.15) is 0 Å². The fourth-order valence-corrected chi connectivity index (χ4v) is 2.86. The average Bonchev–Trinajstić information content (AvgIpc) is 2.98. The first-order valence-electron chi connectivity index (χ1n) is 8.25. The topological polar surface area (TPSA) is 84.9 Å². The minimum absolute atomic E-state index is 0.0191. The summed E-state index contributed by atoms with van der Waals surface area (Å²) in [5.41, 5.74) is 1.13. The van der Waals surface area contributed by atoms with Gasteiger partial charge in [-0.15, -0.1) is 0 Å². The second kappa shape index (κ2) is 8.68. The lowest BCUT2D eigenvalue weighted by atomic mass is 10.1. The molecular weight excluding hydrogens is 416 g/mol. The van der Waals surface area contributed by atoms with Crippen molar-refractivity contribution in [2.24, 2.45) is 0 Å². The third-order valence-electron chi connectivity index (χ3n) is 3.85. The molecule has 140 valence electrons. The molecule has 1 N–H and O–H groups in total. The molecule has 7 nitrogen and oxygen atoms in total. The number of benzene rings is 2. The number of esters is 1. The van der Waals surface area contributed by atoms with E-state index in [0.717, 1.165) is 14.9 Å². The fourth-order valence-electron chi connectivity index (χ4n) is 2.48. The number of urea groups is 1. The highest BCUT2D eigenvalue weighted by atomic mass is 79.9. The summed E-state index contributed by atoms with van der Waals surface area (Å²) in [7, 11) is 0. The van der Waals surface area contributed by atoms with Crippen molar-refractivity contribution in [2.75, 3.05) is 19.8 Å². The molecule has 2 aromatic carbocycles. The van der Waals surface area contributed by atoms with Crippen LogP contribution in [0.4, 0.5) is 4.79 Å². The largest absolute Gasteiger partial charge is 0.490 e.